The fourth-order valence-electron chi connectivity index (χ4n) is 1.94. The van der Waals surface area contributed by atoms with E-state index in [1.807, 2.05) is 36.6 Å². The number of halogens is 1. The monoisotopic (exact) mass is 302 g/mol. The van der Waals surface area contributed by atoms with Crippen molar-refractivity contribution in [2.45, 2.75) is 6.92 Å². The number of amides is 1. The zero-order valence-electron chi connectivity index (χ0n) is 10.7. The molecule has 0 bridgehead atoms. The minimum Gasteiger partial charge on any atom is -0.322 e. The van der Waals surface area contributed by atoms with Crippen molar-refractivity contribution in [3.05, 3.63) is 58.2 Å². The van der Waals surface area contributed by atoms with Crippen molar-refractivity contribution in [1.29, 1.82) is 0 Å². The molecule has 3 nitrogen and oxygen atoms in total. The maximum Gasteiger partial charge on any atom is 0.258 e. The Morgan fingerprint density at radius 2 is 2.15 bits per heavy atom. The van der Waals surface area contributed by atoms with Gasteiger partial charge in [0.05, 0.1) is 10.6 Å². The van der Waals surface area contributed by atoms with Gasteiger partial charge in [-0.25, -0.2) is 0 Å². The second-order valence-corrected chi connectivity index (χ2v) is 5.79. The van der Waals surface area contributed by atoms with Crippen molar-refractivity contribution >= 4 is 44.6 Å². The van der Waals surface area contributed by atoms with Crippen molar-refractivity contribution in [2.75, 3.05) is 5.32 Å². The molecule has 1 aromatic carbocycles. The molecule has 2 aromatic heterocycles. The van der Waals surface area contributed by atoms with Gasteiger partial charge in [0.1, 0.15) is 0 Å². The molecule has 3 rings (SSSR count). The number of pyridine rings is 1. The van der Waals surface area contributed by atoms with Gasteiger partial charge in [-0.05, 0) is 48.0 Å². The Morgan fingerprint density at radius 1 is 1.30 bits per heavy atom. The molecule has 0 aliphatic carbocycles. The fourth-order valence-corrected chi connectivity index (χ4v) is 3.00. The number of benzene rings is 1. The minimum atomic E-state index is -0.253. The van der Waals surface area contributed by atoms with E-state index in [2.05, 4.69) is 10.3 Å². The second kappa shape index (κ2) is 5.23. The molecule has 0 saturated carbocycles. The van der Waals surface area contributed by atoms with Crippen molar-refractivity contribution in [1.82, 2.24) is 4.98 Å². The predicted octanol–water partition coefficient (Wildman–Crippen LogP) is 4.51. The Bertz CT molecular complexity index is 797. The third kappa shape index (κ3) is 2.53. The lowest BCUT2D eigenvalue weighted by atomic mass is 10.2. The number of hydrogen-bond donors (Lipinski definition) is 1. The van der Waals surface area contributed by atoms with E-state index in [1.165, 1.54) is 10.9 Å². The first-order valence-corrected chi connectivity index (χ1v) is 7.30. The minimum absolute atomic E-state index is 0.253. The lowest BCUT2D eigenvalue weighted by Gasteiger charge is -2.07. The number of anilines is 1. The Hall–Kier alpha value is -1.91. The number of carbonyl (C=O) groups excluding carboxylic acids is 1. The zero-order valence-corrected chi connectivity index (χ0v) is 12.3. The van der Waals surface area contributed by atoms with Crippen LogP contribution in [0.3, 0.4) is 0 Å². The Balaban J connectivity index is 1.87. The third-order valence-corrected chi connectivity index (χ3v) is 4.16. The highest BCUT2D eigenvalue weighted by atomic mass is 35.5. The molecule has 1 amide bonds. The highest BCUT2D eigenvalue weighted by Crippen LogP contribution is 2.25. The number of aromatic nitrogens is 1. The molecule has 0 saturated heterocycles. The van der Waals surface area contributed by atoms with Crippen LogP contribution < -0.4 is 5.32 Å². The molecular weight excluding hydrogens is 292 g/mol. The van der Waals surface area contributed by atoms with Crippen LogP contribution in [0.2, 0.25) is 5.02 Å². The van der Waals surface area contributed by atoms with Gasteiger partial charge in [0.2, 0.25) is 0 Å². The molecule has 3 aromatic rings. The van der Waals surface area contributed by atoms with Crippen LogP contribution in [-0.2, 0) is 0 Å². The summed E-state index contributed by atoms with van der Waals surface area (Å²) in [6, 6.07) is 9.52. The van der Waals surface area contributed by atoms with E-state index < -0.39 is 0 Å². The Labute approximate surface area is 125 Å². The summed E-state index contributed by atoms with van der Waals surface area (Å²) in [5.74, 6) is -0.253. The first-order chi connectivity index (χ1) is 9.63. The van der Waals surface area contributed by atoms with Crippen LogP contribution in [0.25, 0.3) is 10.1 Å². The van der Waals surface area contributed by atoms with Crippen molar-refractivity contribution in [3.8, 4) is 0 Å². The number of nitrogens with one attached hydrogen (secondary N) is 1. The van der Waals surface area contributed by atoms with Crippen LogP contribution in [-0.4, -0.2) is 10.9 Å². The van der Waals surface area contributed by atoms with Gasteiger partial charge in [-0.15, -0.1) is 11.3 Å². The topological polar surface area (TPSA) is 42.0 Å². The molecule has 100 valence electrons. The summed E-state index contributed by atoms with van der Waals surface area (Å²) in [7, 11) is 0. The van der Waals surface area contributed by atoms with Crippen LogP contribution in [0.15, 0.2) is 41.9 Å². The fraction of sp³-hybridized carbons (Fsp3) is 0.0667. The summed E-state index contributed by atoms with van der Waals surface area (Å²) in [4.78, 5) is 16.3. The molecular formula is C15H11ClN2OS. The summed E-state index contributed by atoms with van der Waals surface area (Å²) in [5.41, 5.74) is 1.91. The molecule has 20 heavy (non-hydrogen) atoms. The van der Waals surface area contributed by atoms with E-state index in [0.717, 1.165) is 16.8 Å². The van der Waals surface area contributed by atoms with E-state index in [9.17, 15) is 4.79 Å². The lowest BCUT2D eigenvalue weighted by Crippen LogP contribution is -2.13. The Kier molecular flexibility index (Phi) is 3.42. The highest BCUT2D eigenvalue weighted by molar-refractivity contribution is 7.17. The van der Waals surface area contributed by atoms with Gasteiger partial charge < -0.3 is 5.32 Å². The van der Waals surface area contributed by atoms with Crippen LogP contribution >= 0.6 is 22.9 Å². The molecule has 0 aliphatic rings. The quantitative estimate of drug-likeness (QED) is 0.756. The number of hydrogen-bond acceptors (Lipinski definition) is 3. The van der Waals surface area contributed by atoms with Gasteiger partial charge in [0, 0.05) is 22.3 Å². The van der Waals surface area contributed by atoms with Crippen LogP contribution in [0.4, 0.5) is 5.69 Å². The van der Waals surface area contributed by atoms with Crippen molar-refractivity contribution < 1.29 is 4.79 Å². The number of nitrogens with zero attached hydrogens (tertiary/aromatic N) is 1. The normalized spacial score (nSPS) is 10.7. The third-order valence-electron chi connectivity index (χ3n) is 2.95. The van der Waals surface area contributed by atoms with Crippen molar-refractivity contribution in [2.24, 2.45) is 0 Å². The molecule has 0 spiro atoms. The molecule has 0 fully saturated rings. The van der Waals surface area contributed by atoms with Gasteiger partial charge in [-0.3, -0.25) is 9.78 Å². The SMILES string of the molecule is Cc1cc(Cl)c(C(=O)Nc2ccc3sccc3c2)cn1. The van der Waals surface area contributed by atoms with Gasteiger partial charge in [-0.1, -0.05) is 11.6 Å². The number of aryl methyl sites for hydroxylation is 1. The predicted molar refractivity (Wildman–Crippen MR) is 83.8 cm³/mol. The van der Waals surface area contributed by atoms with Gasteiger partial charge in [-0.2, -0.15) is 0 Å². The average molecular weight is 303 g/mol. The largest absolute Gasteiger partial charge is 0.322 e. The maximum absolute atomic E-state index is 12.2. The van der Waals surface area contributed by atoms with E-state index >= 15 is 0 Å². The first kappa shape index (κ1) is 13.1. The van der Waals surface area contributed by atoms with Crippen LogP contribution in [0.1, 0.15) is 16.1 Å². The molecule has 0 atom stereocenters. The maximum atomic E-state index is 12.2. The summed E-state index contributed by atoms with van der Waals surface area (Å²) >= 11 is 7.74. The number of thiophene rings is 1. The number of fused-ring (bicyclic) bond motifs is 1. The smallest absolute Gasteiger partial charge is 0.258 e. The highest BCUT2D eigenvalue weighted by Gasteiger charge is 2.11. The van der Waals surface area contributed by atoms with Crippen LogP contribution in [0.5, 0.6) is 0 Å². The average Bonchev–Trinajstić information content (AvgIpc) is 2.85. The van der Waals surface area contributed by atoms with Gasteiger partial charge in [0.25, 0.3) is 5.91 Å². The first-order valence-electron chi connectivity index (χ1n) is 6.04. The second-order valence-electron chi connectivity index (χ2n) is 4.43. The van der Waals surface area contributed by atoms with E-state index in [0.29, 0.717) is 10.6 Å². The van der Waals surface area contributed by atoms with Gasteiger partial charge >= 0.3 is 0 Å². The molecule has 2 heterocycles. The standard InChI is InChI=1S/C15H11ClN2OS/c1-9-6-13(16)12(8-17-9)15(19)18-11-2-3-14-10(7-11)4-5-20-14/h2-8H,1H3,(H,18,19). The summed E-state index contributed by atoms with van der Waals surface area (Å²) < 4.78 is 1.19. The van der Waals surface area contributed by atoms with E-state index in [1.54, 1.807) is 17.4 Å². The number of rotatable bonds is 2. The van der Waals surface area contributed by atoms with E-state index in [4.69, 9.17) is 11.6 Å². The molecule has 1 N–H and O–H groups in total. The molecule has 5 heteroatoms. The molecule has 0 radical (unpaired) electrons. The molecule has 0 unspecified atom stereocenters. The zero-order chi connectivity index (χ0) is 14.1. The Morgan fingerprint density at radius 3 is 2.95 bits per heavy atom. The van der Waals surface area contributed by atoms with Crippen molar-refractivity contribution in [3.63, 3.8) is 0 Å². The van der Waals surface area contributed by atoms with Gasteiger partial charge in [0.15, 0.2) is 0 Å². The summed E-state index contributed by atoms with van der Waals surface area (Å²) in [6.45, 7) is 1.83. The van der Waals surface area contributed by atoms with E-state index in [-0.39, 0.29) is 5.91 Å². The summed E-state index contributed by atoms with van der Waals surface area (Å²) in [5, 5.41) is 6.39. The summed E-state index contributed by atoms with van der Waals surface area (Å²) in [6.07, 6.45) is 1.50. The van der Waals surface area contributed by atoms with Crippen LogP contribution in [0, 0.1) is 6.92 Å². The lowest BCUT2D eigenvalue weighted by molar-refractivity contribution is 0.102. The number of carbonyl (C=O) groups is 1. The molecule has 0 aliphatic heterocycles.